The van der Waals surface area contributed by atoms with Crippen LogP contribution in [0.2, 0.25) is 0 Å². The third-order valence-corrected chi connectivity index (χ3v) is 4.78. The highest BCUT2D eigenvalue weighted by atomic mass is 16.5. The summed E-state index contributed by atoms with van der Waals surface area (Å²) < 4.78 is 7.04. The second kappa shape index (κ2) is 11.0. The van der Waals surface area contributed by atoms with Crippen LogP contribution in [-0.4, -0.2) is 34.4 Å². The first-order chi connectivity index (χ1) is 15.0. The van der Waals surface area contributed by atoms with Gasteiger partial charge in [-0.25, -0.2) is 9.48 Å². The molecule has 1 heterocycles. The second-order valence-corrected chi connectivity index (χ2v) is 7.56. The lowest BCUT2D eigenvalue weighted by atomic mass is 10.0. The molecule has 0 radical (unpaired) electrons. The molecule has 3 rings (SSSR count). The minimum Gasteiger partial charge on any atom is -0.445 e. The molecule has 0 aliphatic carbocycles. The topological polar surface area (TPSA) is 85.2 Å². The summed E-state index contributed by atoms with van der Waals surface area (Å²) in [7, 11) is 0. The highest BCUT2D eigenvalue weighted by Gasteiger charge is 2.24. The molecule has 0 bridgehead atoms. The number of ether oxygens (including phenoxy) is 1. The van der Waals surface area contributed by atoms with Crippen molar-refractivity contribution in [2.24, 2.45) is 5.92 Å². The molecule has 2 N–H and O–H groups in total. The Morgan fingerprint density at radius 3 is 2.35 bits per heavy atom. The van der Waals surface area contributed by atoms with Crippen molar-refractivity contribution in [1.82, 2.24) is 20.4 Å². The number of benzene rings is 2. The van der Waals surface area contributed by atoms with Gasteiger partial charge in [-0.05, 0) is 29.7 Å². The molecule has 1 atom stereocenters. The SMILES string of the molecule is CC(C)[C@H](NC(=O)OCc1ccccc1)C(=O)NCCc1ccn(-c2ccccc2)n1. The van der Waals surface area contributed by atoms with Crippen molar-refractivity contribution >= 4 is 12.0 Å². The van der Waals surface area contributed by atoms with Crippen LogP contribution in [0.25, 0.3) is 5.69 Å². The fourth-order valence-electron chi connectivity index (χ4n) is 3.07. The molecule has 0 saturated carbocycles. The minimum atomic E-state index is -0.676. The van der Waals surface area contributed by atoms with Gasteiger partial charge in [-0.2, -0.15) is 5.10 Å². The predicted molar refractivity (Wildman–Crippen MR) is 119 cm³/mol. The number of hydrogen-bond acceptors (Lipinski definition) is 4. The summed E-state index contributed by atoms with van der Waals surface area (Å²) in [5.74, 6) is -0.323. The Hall–Kier alpha value is -3.61. The van der Waals surface area contributed by atoms with Crippen LogP contribution in [0.5, 0.6) is 0 Å². The molecule has 162 valence electrons. The first kappa shape index (κ1) is 22.1. The van der Waals surface area contributed by atoms with Crippen molar-refractivity contribution in [2.45, 2.75) is 32.9 Å². The smallest absolute Gasteiger partial charge is 0.408 e. The van der Waals surface area contributed by atoms with Crippen LogP contribution in [0, 0.1) is 5.92 Å². The van der Waals surface area contributed by atoms with Crippen molar-refractivity contribution in [3.63, 3.8) is 0 Å². The van der Waals surface area contributed by atoms with E-state index in [-0.39, 0.29) is 18.4 Å². The van der Waals surface area contributed by atoms with Crippen LogP contribution < -0.4 is 10.6 Å². The van der Waals surface area contributed by atoms with Crippen molar-refractivity contribution in [3.05, 3.63) is 84.2 Å². The summed E-state index contributed by atoms with van der Waals surface area (Å²) >= 11 is 0. The zero-order chi connectivity index (χ0) is 22.1. The van der Waals surface area contributed by atoms with Crippen LogP contribution in [-0.2, 0) is 22.6 Å². The van der Waals surface area contributed by atoms with E-state index < -0.39 is 12.1 Å². The van der Waals surface area contributed by atoms with Gasteiger partial charge in [0.2, 0.25) is 5.91 Å². The molecule has 0 aliphatic rings. The maximum atomic E-state index is 12.6. The molecular formula is C24H28N4O3. The van der Waals surface area contributed by atoms with Crippen LogP contribution >= 0.6 is 0 Å². The van der Waals surface area contributed by atoms with Crippen molar-refractivity contribution < 1.29 is 14.3 Å². The Morgan fingerprint density at radius 2 is 1.68 bits per heavy atom. The summed E-state index contributed by atoms with van der Waals surface area (Å²) in [4.78, 5) is 24.7. The fourth-order valence-corrected chi connectivity index (χ4v) is 3.07. The third-order valence-electron chi connectivity index (χ3n) is 4.78. The lowest BCUT2D eigenvalue weighted by Crippen LogP contribution is -2.50. The first-order valence-electron chi connectivity index (χ1n) is 10.4. The summed E-state index contributed by atoms with van der Waals surface area (Å²) in [6, 6.07) is 20.5. The number of nitrogens with zero attached hydrogens (tertiary/aromatic N) is 2. The average Bonchev–Trinajstić information content (AvgIpc) is 3.26. The van der Waals surface area contributed by atoms with E-state index in [9.17, 15) is 9.59 Å². The number of alkyl carbamates (subject to hydrolysis) is 1. The Morgan fingerprint density at radius 1 is 1.00 bits per heavy atom. The van der Waals surface area contributed by atoms with Gasteiger partial charge in [0.1, 0.15) is 12.6 Å². The minimum absolute atomic E-state index is 0.0819. The van der Waals surface area contributed by atoms with E-state index in [1.807, 2.05) is 86.8 Å². The molecule has 7 heteroatoms. The average molecular weight is 421 g/mol. The Balaban J connectivity index is 1.46. The largest absolute Gasteiger partial charge is 0.445 e. The van der Waals surface area contributed by atoms with Crippen molar-refractivity contribution in [1.29, 1.82) is 0 Å². The lowest BCUT2D eigenvalue weighted by Gasteiger charge is -2.21. The number of carbonyl (C=O) groups is 2. The van der Waals surface area contributed by atoms with Crippen LogP contribution in [0.1, 0.15) is 25.1 Å². The molecule has 31 heavy (non-hydrogen) atoms. The summed E-state index contributed by atoms with van der Waals surface area (Å²) in [6.07, 6.45) is 1.88. The Bertz CT molecular complexity index is 971. The molecule has 0 fully saturated rings. The summed E-state index contributed by atoms with van der Waals surface area (Å²) in [6.45, 7) is 4.34. The van der Waals surface area contributed by atoms with Crippen molar-refractivity contribution in [2.75, 3.05) is 6.54 Å². The monoisotopic (exact) mass is 420 g/mol. The third kappa shape index (κ3) is 6.70. The van der Waals surface area contributed by atoms with Gasteiger partial charge in [0.05, 0.1) is 11.4 Å². The van der Waals surface area contributed by atoms with Gasteiger partial charge in [-0.1, -0.05) is 62.4 Å². The number of nitrogens with one attached hydrogen (secondary N) is 2. The summed E-state index contributed by atoms with van der Waals surface area (Å²) in [5, 5.41) is 10.1. The van der Waals surface area contributed by atoms with Gasteiger partial charge in [0.25, 0.3) is 0 Å². The molecular weight excluding hydrogens is 392 g/mol. The van der Waals surface area contributed by atoms with E-state index in [2.05, 4.69) is 15.7 Å². The molecule has 0 spiro atoms. The van der Waals surface area contributed by atoms with E-state index in [4.69, 9.17) is 4.74 Å². The zero-order valence-electron chi connectivity index (χ0n) is 17.8. The van der Waals surface area contributed by atoms with Crippen LogP contribution in [0.15, 0.2) is 72.9 Å². The highest BCUT2D eigenvalue weighted by molar-refractivity contribution is 5.85. The lowest BCUT2D eigenvalue weighted by molar-refractivity contribution is -0.124. The Labute approximate surface area is 182 Å². The standard InChI is InChI=1S/C24H28N4O3/c1-18(2)22(26-24(30)31-17-19-9-5-3-6-10-19)23(29)25-15-13-20-14-16-28(27-20)21-11-7-4-8-12-21/h3-12,14,16,18,22H,13,15,17H2,1-2H3,(H,25,29)(H,26,30)/t22-/m0/s1. The van der Waals surface area contributed by atoms with Crippen LogP contribution in [0.3, 0.4) is 0 Å². The number of amides is 2. The fraction of sp³-hybridized carbons (Fsp3) is 0.292. The van der Waals surface area contributed by atoms with Gasteiger partial charge in [-0.3, -0.25) is 4.79 Å². The van der Waals surface area contributed by atoms with Gasteiger partial charge in [-0.15, -0.1) is 0 Å². The molecule has 0 unspecified atom stereocenters. The van der Waals surface area contributed by atoms with Gasteiger partial charge >= 0.3 is 6.09 Å². The van der Waals surface area contributed by atoms with Crippen molar-refractivity contribution in [3.8, 4) is 5.69 Å². The maximum absolute atomic E-state index is 12.6. The normalized spacial score (nSPS) is 11.7. The molecule has 2 amide bonds. The number of hydrogen-bond donors (Lipinski definition) is 2. The summed E-state index contributed by atoms with van der Waals surface area (Å²) in [5.41, 5.74) is 2.74. The number of aromatic nitrogens is 2. The molecule has 0 aliphatic heterocycles. The zero-order valence-corrected chi connectivity index (χ0v) is 17.8. The van der Waals surface area contributed by atoms with E-state index in [0.717, 1.165) is 16.9 Å². The molecule has 2 aromatic carbocycles. The maximum Gasteiger partial charge on any atom is 0.408 e. The highest BCUT2D eigenvalue weighted by Crippen LogP contribution is 2.08. The predicted octanol–water partition coefficient (Wildman–Crippen LogP) is 3.48. The molecule has 3 aromatic rings. The Kier molecular flexibility index (Phi) is 7.81. The number of para-hydroxylation sites is 1. The van der Waals surface area contributed by atoms with Gasteiger partial charge in [0, 0.05) is 19.2 Å². The number of carbonyl (C=O) groups excluding carboxylic acids is 2. The van der Waals surface area contributed by atoms with E-state index in [0.29, 0.717) is 13.0 Å². The molecule has 1 aromatic heterocycles. The van der Waals surface area contributed by atoms with E-state index in [1.165, 1.54) is 0 Å². The second-order valence-electron chi connectivity index (χ2n) is 7.56. The first-order valence-corrected chi connectivity index (χ1v) is 10.4. The van der Waals surface area contributed by atoms with Gasteiger partial charge in [0.15, 0.2) is 0 Å². The molecule has 0 saturated heterocycles. The van der Waals surface area contributed by atoms with Crippen LogP contribution in [0.4, 0.5) is 4.79 Å². The number of rotatable bonds is 9. The van der Waals surface area contributed by atoms with E-state index >= 15 is 0 Å². The quantitative estimate of drug-likeness (QED) is 0.555. The molecule has 7 nitrogen and oxygen atoms in total. The van der Waals surface area contributed by atoms with E-state index in [1.54, 1.807) is 4.68 Å². The van der Waals surface area contributed by atoms with Gasteiger partial charge < -0.3 is 15.4 Å².